The Balaban J connectivity index is 3.07. The molecule has 0 saturated carbocycles. The van der Waals surface area contributed by atoms with Crippen molar-refractivity contribution in [3.8, 4) is 0 Å². The van der Waals surface area contributed by atoms with Crippen molar-refractivity contribution in [2.45, 2.75) is 6.54 Å². The third kappa shape index (κ3) is 1.30. The SMILES string of the molecule is [NH]Cc1ccc(F)cc1F. The van der Waals surface area contributed by atoms with E-state index in [4.69, 9.17) is 5.73 Å². The Morgan fingerprint density at radius 2 is 2.00 bits per heavy atom. The third-order valence-electron chi connectivity index (χ3n) is 1.21. The molecule has 0 unspecified atom stereocenters. The van der Waals surface area contributed by atoms with Gasteiger partial charge in [0.2, 0.25) is 0 Å². The van der Waals surface area contributed by atoms with Crippen molar-refractivity contribution in [1.82, 2.24) is 5.73 Å². The van der Waals surface area contributed by atoms with Crippen LogP contribution in [0.5, 0.6) is 0 Å². The van der Waals surface area contributed by atoms with Crippen molar-refractivity contribution < 1.29 is 8.78 Å². The number of halogens is 2. The van der Waals surface area contributed by atoms with Crippen molar-refractivity contribution in [3.63, 3.8) is 0 Å². The Morgan fingerprint density at radius 1 is 1.30 bits per heavy atom. The van der Waals surface area contributed by atoms with Gasteiger partial charge in [0.25, 0.3) is 0 Å². The van der Waals surface area contributed by atoms with Crippen molar-refractivity contribution in [2.24, 2.45) is 0 Å². The second-order valence-corrected chi connectivity index (χ2v) is 1.91. The van der Waals surface area contributed by atoms with Crippen LogP contribution in [0.15, 0.2) is 18.2 Å². The zero-order chi connectivity index (χ0) is 7.56. The van der Waals surface area contributed by atoms with Crippen LogP contribution in [-0.2, 0) is 6.54 Å². The van der Waals surface area contributed by atoms with Crippen LogP contribution in [0.4, 0.5) is 8.78 Å². The number of hydrogen-bond donors (Lipinski definition) is 0. The van der Waals surface area contributed by atoms with E-state index in [-0.39, 0.29) is 12.1 Å². The van der Waals surface area contributed by atoms with Gasteiger partial charge in [0.15, 0.2) is 0 Å². The first-order valence-electron chi connectivity index (χ1n) is 2.82. The Bertz CT molecular complexity index is 235. The number of hydrogen-bond acceptors (Lipinski definition) is 0. The van der Waals surface area contributed by atoms with Crippen LogP contribution in [0.3, 0.4) is 0 Å². The molecular formula is C7H6F2N. The van der Waals surface area contributed by atoms with E-state index in [1.54, 1.807) is 0 Å². The van der Waals surface area contributed by atoms with Gasteiger partial charge in [-0.15, -0.1) is 0 Å². The maximum Gasteiger partial charge on any atom is 0.130 e. The molecule has 1 N–H and O–H groups in total. The number of nitrogens with one attached hydrogen (secondary N) is 1. The largest absolute Gasteiger partial charge is 0.253 e. The van der Waals surface area contributed by atoms with E-state index < -0.39 is 11.6 Å². The summed E-state index contributed by atoms with van der Waals surface area (Å²) >= 11 is 0. The van der Waals surface area contributed by atoms with Gasteiger partial charge in [0, 0.05) is 18.2 Å². The normalized spacial score (nSPS) is 9.90. The summed E-state index contributed by atoms with van der Waals surface area (Å²) in [6.07, 6.45) is 0. The Labute approximate surface area is 57.5 Å². The lowest BCUT2D eigenvalue weighted by Crippen LogP contribution is -1.90. The molecule has 1 radical (unpaired) electrons. The summed E-state index contributed by atoms with van der Waals surface area (Å²) in [5, 5.41) is 0. The zero-order valence-electron chi connectivity index (χ0n) is 5.20. The first kappa shape index (κ1) is 7.15. The van der Waals surface area contributed by atoms with Gasteiger partial charge < -0.3 is 0 Å². The summed E-state index contributed by atoms with van der Waals surface area (Å²) in [5.74, 6) is -1.25. The van der Waals surface area contributed by atoms with Crippen molar-refractivity contribution >= 4 is 0 Å². The smallest absolute Gasteiger partial charge is 0.130 e. The van der Waals surface area contributed by atoms with Crippen molar-refractivity contribution in [2.75, 3.05) is 0 Å². The van der Waals surface area contributed by atoms with Gasteiger partial charge in [0.05, 0.1) is 0 Å². The number of rotatable bonds is 1. The van der Waals surface area contributed by atoms with Crippen LogP contribution in [0.2, 0.25) is 0 Å². The fourth-order valence-corrected chi connectivity index (χ4v) is 0.665. The van der Waals surface area contributed by atoms with Crippen LogP contribution in [-0.4, -0.2) is 0 Å². The van der Waals surface area contributed by atoms with E-state index in [1.807, 2.05) is 0 Å². The van der Waals surface area contributed by atoms with Crippen LogP contribution in [0, 0.1) is 11.6 Å². The van der Waals surface area contributed by atoms with E-state index in [0.29, 0.717) is 0 Å². The highest BCUT2D eigenvalue weighted by Crippen LogP contribution is 2.08. The lowest BCUT2D eigenvalue weighted by Gasteiger charge is -1.96. The molecule has 53 valence electrons. The highest BCUT2D eigenvalue weighted by molar-refractivity contribution is 5.17. The quantitative estimate of drug-likeness (QED) is 0.570. The average Bonchev–Trinajstić information content (AvgIpc) is 1.88. The summed E-state index contributed by atoms with van der Waals surface area (Å²) in [7, 11) is 0. The number of benzene rings is 1. The molecule has 0 aromatic heterocycles. The third-order valence-corrected chi connectivity index (χ3v) is 1.21. The van der Waals surface area contributed by atoms with E-state index in [9.17, 15) is 8.78 Å². The Kier molecular flexibility index (Phi) is 1.97. The molecule has 1 aromatic carbocycles. The summed E-state index contributed by atoms with van der Waals surface area (Å²) in [6, 6.07) is 3.20. The molecule has 0 spiro atoms. The molecule has 0 atom stereocenters. The topological polar surface area (TPSA) is 23.8 Å². The van der Waals surface area contributed by atoms with Crippen LogP contribution < -0.4 is 5.73 Å². The van der Waals surface area contributed by atoms with Crippen LogP contribution >= 0.6 is 0 Å². The predicted octanol–water partition coefficient (Wildman–Crippen LogP) is 1.75. The molecule has 0 aliphatic heterocycles. The van der Waals surface area contributed by atoms with Gasteiger partial charge in [-0.3, -0.25) is 5.73 Å². The second kappa shape index (κ2) is 2.75. The van der Waals surface area contributed by atoms with Gasteiger partial charge in [-0.2, -0.15) is 0 Å². The van der Waals surface area contributed by atoms with Crippen molar-refractivity contribution in [3.05, 3.63) is 35.4 Å². The summed E-state index contributed by atoms with van der Waals surface area (Å²) < 4.78 is 24.7. The minimum Gasteiger partial charge on any atom is -0.253 e. The fourth-order valence-electron chi connectivity index (χ4n) is 0.665. The van der Waals surface area contributed by atoms with Crippen LogP contribution in [0.1, 0.15) is 5.56 Å². The summed E-state index contributed by atoms with van der Waals surface area (Å²) in [6.45, 7) is -0.147. The molecule has 0 bridgehead atoms. The zero-order valence-corrected chi connectivity index (χ0v) is 5.20. The molecule has 0 heterocycles. The predicted molar refractivity (Wildman–Crippen MR) is 33.2 cm³/mol. The molecule has 0 saturated heterocycles. The first-order chi connectivity index (χ1) is 4.74. The van der Waals surface area contributed by atoms with E-state index in [2.05, 4.69) is 0 Å². The summed E-state index contributed by atoms with van der Waals surface area (Å²) in [5.41, 5.74) is 7.02. The molecule has 3 heteroatoms. The summed E-state index contributed by atoms with van der Waals surface area (Å²) in [4.78, 5) is 0. The van der Waals surface area contributed by atoms with E-state index in [0.717, 1.165) is 12.1 Å². The van der Waals surface area contributed by atoms with Crippen molar-refractivity contribution in [1.29, 1.82) is 0 Å². The molecule has 1 nitrogen and oxygen atoms in total. The molecular weight excluding hydrogens is 136 g/mol. The van der Waals surface area contributed by atoms with Gasteiger partial charge in [-0.1, -0.05) is 6.07 Å². The average molecular weight is 142 g/mol. The molecule has 1 rings (SSSR count). The fraction of sp³-hybridized carbons (Fsp3) is 0.143. The highest BCUT2D eigenvalue weighted by atomic mass is 19.1. The molecule has 0 aliphatic carbocycles. The molecule has 1 aromatic rings. The van der Waals surface area contributed by atoms with E-state index >= 15 is 0 Å². The molecule has 0 fully saturated rings. The molecule has 0 amide bonds. The monoisotopic (exact) mass is 142 g/mol. The van der Waals surface area contributed by atoms with Gasteiger partial charge >= 0.3 is 0 Å². The van der Waals surface area contributed by atoms with E-state index in [1.165, 1.54) is 6.07 Å². The second-order valence-electron chi connectivity index (χ2n) is 1.91. The molecule has 0 aliphatic rings. The standard InChI is InChI=1S/C7H6F2N/c8-6-2-1-5(4-10)7(9)3-6/h1-3,10H,4H2. The van der Waals surface area contributed by atoms with Gasteiger partial charge in [-0.25, -0.2) is 8.78 Å². The first-order valence-corrected chi connectivity index (χ1v) is 2.82. The lowest BCUT2D eigenvalue weighted by atomic mass is 10.2. The van der Waals surface area contributed by atoms with Crippen LogP contribution in [0.25, 0.3) is 0 Å². The maximum atomic E-state index is 12.5. The minimum atomic E-state index is -0.644. The lowest BCUT2D eigenvalue weighted by molar-refractivity contribution is 0.572. The maximum absolute atomic E-state index is 12.5. The highest BCUT2D eigenvalue weighted by Gasteiger charge is 1.99. The minimum absolute atomic E-state index is 0.147. The molecule has 10 heavy (non-hydrogen) atoms. The Morgan fingerprint density at radius 3 is 2.50 bits per heavy atom. The van der Waals surface area contributed by atoms with Gasteiger partial charge in [-0.05, 0) is 6.07 Å². The Hall–Kier alpha value is -0.960. The van der Waals surface area contributed by atoms with Gasteiger partial charge in [0.1, 0.15) is 11.6 Å².